The maximum atomic E-state index is 12.4. The van der Waals surface area contributed by atoms with Crippen molar-refractivity contribution in [1.29, 1.82) is 0 Å². The molecule has 100 valence electrons. The topological polar surface area (TPSA) is 32.3 Å². The first-order valence-corrected chi connectivity index (χ1v) is 5.64. The number of rotatable bonds is 3. The van der Waals surface area contributed by atoms with Crippen LogP contribution in [0.25, 0.3) is 0 Å². The first kappa shape index (κ1) is 13.3. The lowest BCUT2D eigenvalue weighted by Gasteiger charge is -2.09. The highest BCUT2D eigenvalue weighted by Gasteiger charge is 2.29. The molecule has 0 amide bonds. The number of hydrogen-bond donors (Lipinski definition) is 2. The summed E-state index contributed by atoms with van der Waals surface area (Å²) in [4.78, 5) is 0. The second-order valence-electron chi connectivity index (χ2n) is 4.10. The molecule has 2 aromatic carbocycles. The van der Waals surface area contributed by atoms with Gasteiger partial charge in [-0.25, -0.2) is 0 Å². The zero-order chi connectivity index (χ0) is 13.9. The van der Waals surface area contributed by atoms with Crippen LogP contribution in [0, 0.1) is 0 Å². The van der Waals surface area contributed by atoms with Gasteiger partial charge in [0.25, 0.3) is 0 Å². The average molecular weight is 267 g/mol. The van der Waals surface area contributed by atoms with Gasteiger partial charge in [-0.05, 0) is 29.8 Å². The Balaban J connectivity index is 2.01. The Bertz CT molecular complexity index is 549. The lowest BCUT2D eigenvalue weighted by atomic mass is 10.1. The normalized spacial score (nSPS) is 11.3. The number of phenolic OH excluding ortho intramolecular Hbond substituents is 1. The zero-order valence-electron chi connectivity index (χ0n) is 9.91. The van der Waals surface area contributed by atoms with E-state index in [1.54, 1.807) is 24.3 Å². The number of nitrogens with one attached hydrogen (secondary N) is 1. The van der Waals surface area contributed by atoms with Gasteiger partial charge < -0.3 is 10.4 Å². The van der Waals surface area contributed by atoms with Crippen molar-refractivity contribution in [1.82, 2.24) is 0 Å². The first-order chi connectivity index (χ1) is 8.95. The molecule has 0 unspecified atom stereocenters. The molecule has 0 radical (unpaired) electrons. The van der Waals surface area contributed by atoms with Crippen LogP contribution in [0.15, 0.2) is 48.5 Å². The number of halogens is 3. The van der Waals surface area contributed by atoms with Crippen LogP contribution in [0.1, 0.15) is 11.1 Å². The SMILES string of the molecule is Oc1cccc(NCc2ccc(C(F)(F)F)cc2)c1. The van der Waals surface area contributed by atoms with E-state index in [1.807, 2.05) is 0 Å². The molecule has 0 bridgehead atoms. The van der Waals surface area contributed by atoms with Gasteiger partial charge in [-0.3, -0.25) is 0 Å². The summed E-state index contributed by atoms with van der Waals surface area (Å²) >= 11 is 0. The number of benzene rings is 2. The molecule has 2 N–H and O–H groups in total. The van der Waals surface area contributed by atoms with Crippen molar-refractivity contribution in [3.05, 3.63) is 59.7 Å². The Morgan fingerprint density at radius 2 is 1.68 bits per heavy atom. The van der Waals surface area contributed by atoms with Crippen molar-refractivity contribution in [2.24, 2.45) is 0 Å². The standard InChI is InChI=1S/C14H12F3NO/c15-14(16,17)11-6-4-10(5-7-11)9-18-12-2-1-3-13(19)8-12/h1-8,18-19H,9H2. The van der Waals surface area contributed by atoms with E-state index in [0.29, 0.717) is 12.2 Å². The van der Waals surface area contributed by atoms with Gasteiger partial charge >= 0.3 is 6.18 Å². The van der Waals surface area contributed by atoms with Gasteiger partial charge in [0.1, 0.15) is 5.75 Å². The molecule has 0 aromatic heterocycles. The number of alkyl halides is 3. The second kappa shape index (κ2) is 5.22. The maximum absolute atomic E-state index is 12.4. The highest BCUT2D eigenvalue weighted by atomic mass is 19.4. The summed E-state index contributed by atoms with van der Waals surface area (Å²) in [6, 6.07) is 11.5. The van der Waals surface area contributed by atoms with E-state index >= 15 is 0 Å². The molecule has 0 saturated carbocycles. The molecule has 0 heterocycles. The molecular formula is C14H12F3NO. The van der Waals surface area contributed by atoms with Gasteiger partial charge in [-0.1, -0.05) is 18.2 Å². The Labute approximate surface area is 108 Å². The van der Waals surface area contributed by atoms with Gasteiger partial charge in [0.2, 0.25) is 0 Å². The Kier molecular flexibility index (Phi) is 3.64. The third-order valence-electron chi connectivity index (χ3n) is 2.62. The fraction of sp³-hybridized carbons (Fsp3) is 0.143. The highest BCUT2D eigenvalue weighted by molar-refractivity contribution is 5.48. The van der Waals surface area contributed by atoms with E-state index in [0.717, 1.165) is 17.7 Å². The number of hydrogen-bond acceptors (Lipinski definition) is 2. The predicted molar refractivity (Wildman–Crippen MR) is 66.9 cm³/mol. The van der Waals surface area contributed by atoms with E-state index < -0.39 is 11.7 Å². The van der Waals surface area contributed by atoms with Crippen molar-refractivity contribution in [3.63, 3.8) is 0 Å². The van der Waals surface area contributed by atoms with E-state index in [9.17, 15) is 18.3 Å². The molecule has 2 rings (SSSR count). The van der Waals surface area contributed by atoms with Gasteiger partial charge in [-0.2, -0.15) is 13.2 Å². The van der Waals surface area contributed by atoms with Crippen molar-refractivity contribution in [2.45, 2.75) is 12.7 Å². The molecule has 2 aromatic rings. The summed E-state index contributed by atoms with van der Waals surface area (Å²) in [5.74, 6) is 0.136. The number of aromatic hydroxyl groups is 1. The summed E-state index contributed by atoms with van der Waals surface area (Å²) in [7, 11) is 0. The highest BCUT2D eigenvalue weighted by Crippen LogP contribution is 2.29. The van der Waals surface area contributed by atoms with Crippen LogP contribution in [-0.4, -0.2) is 5.11 Å². The summed E-state index contributed by atoms with van der Waals surface area (Å²) in [6.07, 6.45) is -4.31. The van der Waals surface area contributed by atoms with E-state index in [1.165, 1.54) is 12.1 Å². The Hall–Kier alpha value is -2.17. The minimum atomic E-state index is -4.31. The van der Waals surface area contributed by atoms with Crippen molar-refractivity contribution in [3.8, 4) is 5.75 Å². The fourth-order valence-corrected chi connectivity index (χ4v) is 1.63. The van der Waals surface area contributed by atoms with E-state index in [4.69, 9.17) is 0 Å². The first-order valence-electron chi connectivity index (χ1n) is 5.64. The van der Waals surface area contributed by atoms with Crippen LogP contribution < -0.4 is 5.32 Å². The van der Waals surface area contributed by atoms with Gasteiger partial charge in [0, 0.05) is 18.3 Å². The van der Waals surface area contributed by atoms with Gasteiger partial charge in [0.05, 0.1) is 5.56 Å². The maximum Gasteiger partial charge on any atom is 0.416 e. The van der Waals surface area contributed by atoms with Gasteiger partial charge in [0.15, 0.2) is 0 Å². The van der Waals surface area contributed by atoms with Crippen molar-refractivity contribution < 1.29 is 18.3 Å². The lowest BCUT2D eigenvalue weighted by Crippen LogP contribution is -2.05. The van der Waals surface area contributed by atoms with Crippen molar-refractivity contribution >= 4 is 5.69 Å². The third-order valence-corrected chi connectivity index (χ3v) is 2.62. The monoisotopic (exact) mass is 267 g/mol. The molecule has 5 heteroatoms. The zero-order valence-corrected chi connectivity index (χ0v) is 9.91. The van der Waals surface area contributed by atoms with E-state index in [2.05, 4.69) is 5.32 Å². The Morgan fingerprint density at radius 3 is 2.26 bits per heavy atom. The quantitative estimate of drug-likeness (QED) is 0.880. The molecule has 19 heavy (non-hydrogen) atoms. The molecule has 0 saturated heterocycles. The Morgan fingerprint density at radius 1 is 1.00 bits per heavy atom. The van der Waals surface area contributed by atoms with Crippen LogP contribution in [0.3, 0.4) is 0 Å². The minimum absolute atomic E-state index is 0.136. The lowest BCUT2D eigenvalue weighted by molar-refractivity contribution is -0.137. The summed E-state index contributed by atoms with van der Waals surface area (Å²) in [5.41, 5.74) is 0.782. The molecule has 0 aliphatic carbocycles. The molecule has 0 fully saturated rings. The van der Waals surface area contributed by atoms with Gasteiger partial charge in [-0.15, -0.1) is 0 Å². The molecular weight excluding hydrogens is 255 g/mol. The largest absolute Gasteiger partial charge is 0.508 e. The molecule has 2 nitrogen and oxygen atoms in total. The summed E-state index contributed by atoms with van der Waals surface area (Å²) in [6.45, 7) is 0.390. The number of phenols is 1. The van der Waals surface area contributed by atoms with Crippen LogP contribution in [0.4, 0.5) is 18.9 Å². The smallest absolute Gasteiger partial charge is 0.416 e. The fourth-order valence-electron chi connectivity index (χ4n) is 1.63. The predicted octanol–water partition coefficient (Wildman–Crippen LogP) is 4.02. The minimum Gasteiger partial charge on any atom is -0.508 e. The average Bonchev–Trinajstić information content (AvgIpc) is 2.36. The van der Waals surface area contributed by atoms with Crippen LogP contribution in [0.5, 0.6) is 5.75 Å². The summed E-state index contributed by atoms with van der Waals surface area (Å²) < 4.78 is 37.1. The van der Waals surface area contributed by atoms with E-state index in [-0.39, 0.29) is 5.75 Å². The van der Waals surface area contributed by atoms with Crippen LogP contribution in [0.2, 0.25) is 0 Å². The van der Waals surface area contributed by atoms with Crippen LogP contribution in [-0.2, 0) is 12.7 Å². The van der Waals surface area contributed by atoms with Crippen molar-refractivity contribution in [2.75, 3.05) is 5.32 Å². The molecule has 0 aliphatic heterocycles. The molecule has 0 atom stereocenters. The van der Waals surface area contributed by atoms with Crippen LogP contribution >= 0.6 is 0 Å². The third kappa shape index (κ3) is 3.64. The molecule has 0 aliphatic rings. The second-order valence-corrected chi connectivity index (χ2v) is 4.10. The number of anilines is 1. The molecule has 0 spiro atoms. The summed E-state index contributed by atoms with van der Waals surface area (Å²) in [5, 5.41) is 12.3.